The first-order valence-electron chi connectivity index (χ1n) is 6.96. The molecule has 0 fully saturated rings. The number of hydrazone groups is 1. The third-order valence-electron chi connectivity index (χ3n) is 3.41. The molecule has 2 rings (SSSR count). The fourth-order valence-electron chi connectivity index (χ4n) is 2.18. The van der Waals surface area contributed by atoms with Gasteiger partial charge in [-0.05, 0) is 45.4 Å². The van der Waals surface area contributed by atoms with Gasteiger partial charge >= 0.3 is 0 Å². The van der Waals surface area contributed by atoms with E-state index in [0.717, 1.165) is 22.4 Å². The summed E-state index contributed by atoms with van der Waals surface area (Å²) >= 11 is 0. The third-order valence-corrected chi connectivity index (χ3v) is 3.41. The van der Waals surface area contributed by atoms with E-state index in [0.29, 0.717) is 5.56 Å². The van der Waals surface area contributed by atoms with Gasteiger partial charge in [-0.15, -0.1) is 0 Å². The summed E-state index contributed by atoms with van der Waals surface area (Å²) in [5, 5.41) is 4.20. The number of hydrogen-bond acceptors (Lipinski definition) is 2. The lowest BCUT2D eigenvalue weighted by Crippen LogP contribution is -2.19. The lowest BCUT2D eigenvalue weighted by Gasteiger charge is -2.07. The van der Waals surface area contributed by atoms with Crippen molar-refractivity contribution in [1.82, 2.24) is 5.43 Å². The molecule has 0 spiro atoms. The highest BCUT2D eigenvalue weighted by molar-refractivity contribution is 6.01. The van der Waals surface area contributed by atoms with E-state index in [9.17, 15) is 4.79 Å². The quantitative estimate of drug-likeness (QED) is 0.675. The summed E-state index contributed by atoms with van der Waals surface area (Å²) in [6.07, 6.45) is 0. The van der Waals surface area contributed by atoms with Crippen molar-refractivity contribution in [3.8, 4) is 0 Å². The van der Waals surface area contributed by atoms with Crippen molar-refractivity contribution in [2.45, 2.75) is 27.7 Å². The number of aryl methyl sites for hydroxylation is 3. The first-order chi connectivity index (χ1) is 9.97. The van der Waals surface area contributed by atoms with Crippen LogP contribution in [0.25, 0.3) is 0 Å². The summed E-state index contributed by atoms with van der Waals surface area (Å²) in [6, 6.07) is 13.6. The maximum atomic E-state index is 12.0. The molecule has 0 aliphatic heterocycles. The van der Waals surface area contributed by atoms with Gasteiger partial charge in [0, 0.05) is 11.1 Å². The minimum atomic E-state index is -0.195. The van der Waals surface area contributed by atoms with Crippen LogP contribution in [0.1, 0.15) is 39.5 Å². The van der Waals surface area contributed by atoms with Gasteiger partial charge in [-0.3, -0.25) is 4.79 Å². The molecule has 3 heteroatoms. The molecule has 0 unspecified atom stereocenters. The van der Waals surface area contributed by atoms with E-state index < -0.39 is 0 Å². The molecule has 2 aromatic rings. The molecule has 0 radical (unpaired) electrons. The topological polar surface area (TPSA) is 41.5 Å². The SMILES string of the molecule is CC(=NNC(=O)c1ccc(C)cc1)c1ccc(C)cc1C. The number of nitrogens with one attached hydrogen (secondary N) is 1. The second-order valence-electron chi connectivity index (χ2n) is 5.32. The monoisotopic (exact) mass is 280 g/mol. The van der Waals surface area contributed by atoms with Gasteiger partial charge in [-0.2, -0.15) is 5.10 Å². The molecule has 0 atom stereocenters. The summed E-state index contributed by atoms with van der Waals surface area (Å²) < 4.78 is 0. The molecule has 108 valence electrons. The summed E-state index contributed by atoms with van der Waals surface area (Å²) in [7, 11) is 0. The molecule has 21 heavy (non-hydrogen) atoms. The minimum Gasteiger partial charge on any atom is -0.267 e. The number of nitrogens with zero attached hydrogens (tertiary/aromatic N) is 1. The Morgan fingerprint density at radius 2 is 1.57 bits per heavy atom. The Morgan fingerprint density at radius 1 is 0.952 bits per heavy atom. The first kappa shape index (κ1) is 15.0. The average molecular weight is 280 g/mol. The van der Waals surface area contributed by atoms with Gasteiger partial charge in [-0.25, -0.2) is 5.43 Å². The van der Waals surface area contributed by atoms with Crippen molar-refractivity contribution < 1.29 is 4.79 Å². The lowest BCUT2D eigenvalue weighted by molar-refractivity contribution is 0.0955. The maximum absolute atomic E-state index is 12.0. The fraction of sp³-hybridized carbons (Fsp3) is 0.222. The van der Waals surface area contributed by atoms with Crippen molar-refractivity contribution in [3.63, 3.8) is 0 Å². The molecule has 0 bridgehead atoms. The van der Waals surface area contributed by atoms with Crippen molar-refractivity contribution in [2.24, 2.45) is 5.10 Å². The first-order valence-corrected chi connectivity index (χ1v) is 6.96. The van der Waals surface area contributed by atoms with Crippen LogP contribution < -0.4 is 5.43 Å². The molecule has 0 aliphatic carbocycles. The van der Waals surface area contributed by atoms with Crippen LogP contribution in [-0.2, 0) is 0 Å². The zero-order valence-electron chi connectivity index (χ0n) is 12.9. The van der Waals surface area contributed by atoms with Crippen LogP contribution in [-0.4, -0.2) is 11.6 Å². The van der Waals surface area contributed by atoms with Gasteiger partial charge in [0.05, 0.1) is 5.71 Å². The molecule has 0 heterocycles. The van der Waals surface area contributed by atoms with Crippen LogP contribution in [0.5, 0.6) is 0 Å². The van der Waals surface area contributed by atoms with E-state index in [1.807, 2.05) is 45.0 Å². The molecule has 0 aromatic heterocycles. The molecular formula is C18H20N2O. The van der Waals surface area contributed by atoms with E-state index in [-0.39, 0.29) is 5.91 Å². The van der Waals surface area contributed by atoms with E-state index >= 15 is 0 Å². The molecule has 0 aliphatic rings. The van der Waals surface area contributed by atoms with Crippen molar-refractivity contribution in [2.75, 3.05) is 0 Å². The third kappa shape index (κ3) is 3.78. The smallest absolute Gasteiger partial charge is 0.267 e. The number of carbonyl (C=O) groups excluding carboxylic acids is 1. The molecule has 0 saturated carbocycles. The van der Waals surface area contributed by atoms with Crippen LogP contribution in [0, 0.1) is 20.8 Å². The second kappa shape index (κ2) is 6.35. The van der Waals surface area contributed by atoms with Gasteiger partial charge < -0.3 is 0 Å². The highest BCUT2D eigenvalue weighted by Gasteiger charge is 2.06. The maximum Gasteiger partial charge on any atom is 0.271 e. The molecule has 3 nitrogen and oxygen atoms in total. The zero-order chi connectivity index (χ0) is 15.4. The van der Waals surface area contributed by atoms with E-state index in [2.05, 4.69) is 23.5 Å². The van der Waals surface area contributed by atoms with Crippen LogP contribution in [0.15, 0.2) is 47.6 Å². The summed E-state index contributed by atoms with van der Waals surface area (Å²) in [5.41, 5.74) is 8.56. The van der Waals surface area contributed by atoms with Crippen molar-refractivity contribution >= 4 is 11.6 Å². The summed E-state index contributed by atoms with van der Waals surface area (Å²) in [4.78, 5) is 12.0. The van der Waals surface area contributed by atoms with Crippen LogP contribution in [0.2, 0.25) is 0 Å². The highest BCUT2D eigenvalue weighted by Crippen LogP contribution is 2.11. The molecule has 2 aromatic carbocycles. The summed E-state index contributed by atoms with van der Waals surface area (Å²) in [6.45, 7) is 7.99. The number of amides is 1. The van der Waals surface area contributed by atoms with Crippen LogP contribution in [0.3, 0.4) is 0 Å². The predicted molar refractivity (Wildman–Crippen MR) is 86.8 cm³/mol. The number of benzene rings is 2. The Balaban J connectivity index is 2.12. The van der Waals surface area contributed by atoms with E-state index in [1.165, 1.54) is 5.56 Å². The Hall–Kier alpha value is -2.42. The lowest BCUT2D eigenvalue weighted by atomic mass is 10.0. The molecule has 0 saturated heterocycles. The summed E-state index contributed by atoms with van der Waals surface area (Å²) in [5.74, 6) is -0.195. The van der Waals surface area contributed by atoms with Gasteiger partial charge in [0.1, 0.15) is 0 Å². The fourth-order valence-corrected chi connectivity index (χ4v) is 2.18. The number of hydrogen-bond donors (Lipinski definition) is 1. The van der Waals surface area contributed by atoms with Crippen molar-refractivity contribution in [3.05, 3.63) is 70.3 Å². The Labute approximate surface area is 125 Å². The molecule has 1 amide bonds. The van der Waals surface area contributed by atoms with Gasteiger partial charge in [0.25, 0.3) is 5.91 Å². The van der Waals surface area contributed by atoms with Crippen molar-refractivity contribution in [1.29, 1.82) is 0 Å². The largest absolute Gasteiger partial charge is 0.271 e. The second-order valence-corrected chi connectivity index (χ2v) is 5.32. The molecular weight excluding hydrogens is 260 g/mol. The van der Waals surface area contributed by atoms with Gasteiger partial charge in [0.2, 0.25) is 0 Å². The Kier molecular flexibility index (Phi) is 4.53. The predicted octanol–water partition coefficient (Wildman–Crippen LogP) is 3.77. The molecule has 1 N–H and O–H groups in total. The minimum absolute atomic E-state index is 0.195. The standard InChI is InChI=1S/C18H20N2O/c1-12-5-8-16(9-6-12)18(21)20-19-15(4)17-10-7-13(2)11-14(17)3/h5-11H,1-4H3,(H,20,21). The average Bonchev–Trinajstić information content (AvgIpc) is 2.45. The number of carbonyl (C=O) groups is 1. The Bertz CT molecular complexity index is 685. The number of rotatable bonds is 3. The zero-order valence-corrected chi connectivity index (χ0v) is 12.9. The van der Waals surface area contributed by atoms with Crippen LogP contribution in [0.4, 0.5) is 0 Å². The van der Waals surface area contributed by atoms with Gasteiger partial charge in [-0.1, -0.05) is 41.5 Å². The van der Waals surface area contributed by atoms with E-state index in [4.69, 9.17) is 0 Å². The highest BCUT2D eigenvalue weighted by atomic mass is 16.2. The normalized spacial score (nSPS) is 11.3. The van der Waals surface area contributed by atoms with Crippen LogP contribution >= 0.6 is 0 Å². The van der Waals surface area contributed by atoms with Gasteiger partial charge in [0.15, 0.2) is 0 Å². The Morgan fingerprint density at radius 3 is 2.19 bits per heavy atom. The van der Waals surface area contributed by atoms with E-state index in [1.54, 1.807) is 12.1 Å².